The van der Waals surface area contributed by atoms with E-state index < -0.39 is 18.1 Å². The molecule has 2 fully saturated rings. The molecule has 1 heterocycles. The van der Waals surface area contributed by atoms with Crippen molar-refractivity contribution >= 4 is 11.9 Å². The van der Waals surface area contributed by atoms with E-state index >= 15 is 0 Å². The van der Waals surface area contributed by atoms with Gasteiger partial charge in [-0.2, -0.15) is 0 Å². The van der Waals surface area contributed by atoms with Gasteiger partial charge in [0.15, 0.2) is 0 Å². The second kappa shape index (κ2) is 7.25. The van der Waals surface area contributed by atoms with E-state index in [0.717, 1.165) is 32.1 Å². The molecular formula is C16H27NO4. The SMILES string of the molecule is CC1CCCC(OC(C)C(=O)N2CCCCC2C(=O)O)C1. The molecule has 0 aromatic carbocycles. The minimum Gasteiger partial charge on any atom is -0.480 e. The topological polar surface area (TPSA) is 66.8 Å². The molecule has 2 rings (SSSR count). The number of carbonyl (C=O) groups excluding carboxylic acids is 1. The summed E-state index contributed by atoms with van der Waals surface area (Å²) in [6, 6.07) is -0.678. The van der Waals surface area contributed by atoms with Crippen molar-refractivity contribution in [3.8, 4) is 0 Å². The minimum absolute atomic E-state index is 0.140. The first-order valence-corrected chi connectivity index (χ1v) is 8.17. The third-order valence-corrected chi connectivity index (χ3v) is 4.70. The fourth-order valence-electron chi connectivity index (χ4n) is 3.53. The standard InChI is InChI=1S/C16H27NO4/c1-11-6-5-7-13(10-11)21-12(2)15(18)17-9-4-3-8-14(17)16(19)20/h11-14H,3-10H2,1-2H3,(H,19,20). The smallest absolute Gasteiger partial charge is 0.326 e. The number of nitrogens with zero attached hydrogens (tertiary/aromatic N) is 1. The van der Waals surface area contributed by atoms with Crippen LogP contribution in [0.3, 0.4) is 0 Å². The summed E-state index contributed by atoms with van der Waals surface area (Å²) in [6.07, 6.45) is 6.28. The molecule has 1 saturated heterocycles. The summed E-state index contributed by atoms with van der Waals surface area (Å²) < 4.78 is 5.92. The van der Waals surface area contributed by atoms with Gasteiger partial charge in [-0.25, -0.2) is 4.79 Å². The summed E-state index contributed by atoms with van der Waals surface area (Å²) >= 11 is 0. The highest BCUT2D eigenvalue weighted by atomic mass is 16.5. The van der Waals surface area contributed by atoms with E-state index in [1.54, 1.807) is 6.92 Å². The average molecular weight is 297 g/mol. The number of carboxylic acid groups (broad SMARTS) is 1. The zero-order valence-electron chi connectivity index (χ0n) is 13.1. The van der Waals surface area contributed by atoms with Crippen LogP contribution < -0.4 is 0 Å². The summed E-state index contributed by atoms with van der Waals surface area (Å²) in [5, 5.41) is 9.26. The number of hydrogen-bond donors (Lipinski definition) is 1. The van der Waals surface area contributed by atoms with Crippen LogP contribution in [-0.4, -0.2) is 46.7 Å². The quantitative estimate of drug-likeness (QED) is 0.865. The molecule has 5 heteroatoms. The number of aliphatic carboxylic acids is 1. The number of hydrogen-bond acceptors (Lipinski definition) is 3. The Bertz CT molecular complexity index is 384. The third-order valence-electron chi connectivity index (χ3n) is 4.70. The molecule has 0 bridgehead atoms. The van der Waals surface area contributed by atoms with Crippen LogP contribution >= 0.6 is 0 Å². The lowest BCUT2D eigenvalue weighted by atomic mass is 9.88. The van der Waals surface area contributed by atoms with Crippen molar-refractivity contribution in [2.24, 2.45) is 5.92 Å². The molecule has 4 unspecified atom stereocenters. The lowest BCUT2D eigenvalue weighted by Gasteiger charge is -2.36. The average Bonchev–Trinajstić information content (AvgIpc) is 2.46. The first-order chi connectivity index (χ1) is 9.99. The van der Waals surface area contributed by atoms with E-state index in [1.165, 1.54) is 11.3 Å². The van der Waals surface area contributed by atoms with E-state index in [2.05, 4.69) is 6.92 Å². The fourth-order valence-corrected chi connectivity index (χ4v) is 3.53. The highest BCUT2D eigenvalue weighted by molar-refractivity contribution is 5.86. The fraction of sp³-hybridized carbons (Fsp3) is 0.875. The van der Waals surface area contributed by atoms with Gasteiger partial charge in [-0.05, 0) is 44.9 Å². The molecule has 1 amide bonds. The molecule has 120 valence electrons. The van der Waals surface area contributed by atoms with E-state index in [1.807, 2.05) is 0 Å². The maximum atomic E-state index is 12.5. The highest BCUT2D eigenvalue weighted by Crippen LogP contribution is 2.27. The first-order valence-electron chi connectivity index (χ1n) is 8.17. The molecule has 21 heavy (non-hydrogen) atoms. The number of amides is 1. The Morgan fingerprint density at radius 1 is 1.19 bits per heavy atom. The number of likely N-dealkylation sites (tertiary alicyclic amines) is 1. The number of rotatable bonds is 4. The second-order valence-electron chi connectivity index (χ2n) is 6.55. The lowest BCUT2D eigenvalue weighted by molar-refractivity contribution is -0.160. The van der Waals surface area contributed by atoms with E-state index in [9.17, 15) is 14.7 Å². The Kier molecular flexibility index (Phi) is 5.62. The number of ether oxygens (including phenoxy) is 1. The van der Waals surface area contributed by atoms with Crippen molar-refractivity contribution < 1.29 is 19.4 Å². The summed E-state index contributed by atoms with van der Waals surface area (Å²) in [7, 11) is 0. The molecular weight excluding hydrogens is 270 g/mol. The van der Waals surface area contributed by atoms with Gasteiger partial charge in [0.25, 0.3) is 5.91 Å². The first kappa shape index (κ1) is 16.3. The van der Waals surface area contributed by atoms with Gasteiger partial charge in [-0.15, -0.1) is 0 Å². The highest BCUT2D eigenvalue weighted by Gasteiger charge is 2.35. The predicted octanol–water partition coefficient (Wildman–Crippen LogP) is 2.44. The van der Waals surface area contributed by atoms with Crippen LogP contribution in [0.2, 0.25) is 0 Å². The number of carbonyl (C=O) groups is 2. The molecule has 2 aliphatic rings. The third kappa shape index (κ3) is 4.19. The molecule has 5 nitrogen and oxygen atoms in total. The summed E-state index contributed by atoms with van der Waals surface area (Å²) in [6.45, 7) is 4.51. The molecule has 4 atom stereocenters. The molecule has 1 saturated carbocycles. The molecule has 0 aromatic heterocycles. The van der Waals surface area contributed by atoms with Crippen LogP contribution in [0.4, 0.5) is 0 Å². The maximum Gasteiger partial charge on any atom is 0.326 e. The van der Waals surface area contributed by atoms with Crippen molar-refractivity contribution in [1.29, 1.82) is 0 Å². The zero-order chi connectivity index (χ0) is 15.4. The summed E-state index contributed by atoms with van der Waals surface area (Å²) in [5.41, 5.74) is 0. The van der Waals surface area contributed by atoms with Crippen molar-refractivity contribution in [3.63, 3.8) is 0 Å². The van der Waals surface area contributed by atoms with Gasteiger partial charge >= 0.3 is 5.97 Å². The van der Waals surface area contributed by atoms with Crippen molar-refractivity contribution in [3.05, 3.63) is 0 Å². The van der Waals surface area contributed by atoms with Gasteiger partial charge in [0.2, 0.25) is 0 Å². The van der Waals surface area contributed by atoms with Crippen LogP contribution in [0.5, 0.6) is 0 Å². The van der Waals surface area contributed by atoms with Gasteiger partial charge in [0.05, 0.1) is 6.10 Å². The van der Waals surface area contributed by atoms with Crippen LogP contribution in [0.1, 0.15) is 58.8 Å². The van der Waals surface area contributed by atoms with Crippen molar-refractivity contribution in [2.45, 2.75) is 77.0 Å². The predicted molar refractivity (Wildman–Crippen MR) is 79.0 cm³/mol. The Balaban J connectivity index is 1.92. The van der Waals surface area contributed by atoms with E-state index in [-0.39, 0.29) is 12.0 Å². The Hall–Kier alpha value is -1.10. The summed E-state index contributed by atoms with van der Waals surface area (Å²) in [4.78, 5) is 25.3. The lowest BCUT2D eigenvalue weighted by Crippen LogP contribution is -2.52. The van der Waals surface area contributed by atoms with E-state index in [4.69, 9.17) is 4.74 Å². The van der Waals surface area contributed by atoms with Crippen LogP contribution in [0.25, 0.3) is 0 Å². The van der Waals surface area contributed by atoms with Gasteiger partial charge in [0, 0.05) is 6.54 Å². The Labute approximate surface area is 126 Å². The normalized spacial score (nSPS) is 31.7. The van der Waals surface area contributed by atoms with Gasteiger partial charge in [0.1, 0.15) is 12.1 Å². The molecule has 1 aliphatic carbocycles. The zero-order valence-corrected chi connectivity index (χ0v) is 13.1. The largest absolute Gasteiger partial charge is 0.480 e. The van der Waals surface area contributed by atoms with Gasteiger partial charge < -0.3 is 14.7 Å². The summed E-state index contributed by atoms with van der Waals surface area (Å²) in [5.74, 6) is -0.422. The second-order valence-corrected chi connectivity index (χ2v) is 6.55. The van der Waals surface area contributed by atoms with Crippen molar-refractivity contribution in [1.82, 2.24) is 4.90 Å². The van der Waals surface area contributed by atoms with Gasteiger partial charge in [-0.3, -0.25) is 4.79 Å². The molecule has 0 radical (unpaired) electrons. The monoisotopic (exact) mass is 297 g/mol. The van der Waals surface area contributed by atoms with Crippen molar-refractivity contribution in [2.75, 3.05) is 6.54 Å². The number of carboxylic acids is 1. The molecule has 1 aliphatic heterocycles. The number of piperidine rings is 1. The maximum absolute atomic E-state index is 12.5. The van der Waals surface area contributed by atoms with Crippen LogP contribution in [0.15, 0.2) is 0 Å². The Morgan fingerprint density at radius 3 is 2.62 bits per heavy atom. The molecule has 0 spiro atoms. The molecule has 1 N–H and O–H groups in total. The minimum atomic E-state index is -0.901. The van der Waals surface area contributed by atoms with E-state index in [0.29, 0.717) is 18.9 Å². The molecule has 0 aromatic rings. The van der Waals surface area contributed by atoms with Crippen LogP contribution in [0, 0.1) is 5.92 Å². The van der Waals surface area contributed by atoms with Crippen LogP contribution in [-0.2, 0) is 14.3 Å². The Morgan fingerprint density at radius 2 is 1.95 bits per heavy atom. The van der Waals surface area contributed by atoms with Gasteiger partial charge in [-0.1, -0.05) is 19.8 Å².